The molecule has 2 aromatic rings. The van der Waals surface area contributed by atoms with Crippen molar-refractivity contribution < 1.29 is 33.3 Å². The molecule has 0 spiro atoms. The molecule has 9 heteroatoms. The van der Waals surface area contributed by atoms with Gasteiger partial charge in [0.05, 0.1) is 46.7 Å². The van der Waals surface area contributed by atoms with Crippen LogP contribution in [-0.4, -0.2) is 58.3 Å². The van der Waals surface area contributed by atoms with Crippen LogP contribution in [0.4, 0.5) is 0 Å². The number of carbonyl (C=O) groups excluding carboxylic acids is 3. The van der Waals surface area contributed by atoms with Crippen molar-refractivity contribution in [3.63, 3.8) is 0 Å². The Hall–Kier alpha value is -3.59. The third kappa shape index (κ3) is 7.31. The Morgan fingerprint density at radius 1 is 0.968 bits per heavy atom. The predicted molar refractivity (Wildman–Crippen MR) is 112 cm³/mol. The number of ether oxygens (including phenoxy) is 4. The lowest BCUT2D eigenvalue weighted by molar-refractivity contribution is -0.146. The highest BCUT2D eigenvalue weighted by atomic mass is 16.5. The Morgan fingerprint density at radius 3 is 2.35 bits per heavy atom. The van der Waals surface area contributed by atoms with E-state index in [2.05, 4.69) is 10.6 Å². The molecule has 9 nitrogen and oxygen atoms in total. The molecule has 0 fully saturated rings. The van der Waals surface area contributed by atoms with E-state index in [-0.39, 0.29) is 25.3 Å². The zero-order valence-electron chi connectivity index (χ0n) is 17.7. The maximum Gasteiger partial charge on any atom is 0.330 e. The number of amides is 2. The van der Waals surface area contributed by atoms with Crippen molar-refractivity contribution in [2.45, 2.75) is 12.6 Å². The van der Waals surface area contributed by atoms with Crippen LogP contribution in [0.5, 0.6) is 11.5 Å². The van der Waals surface area contributed by atoms with Gasteiger partial charge in [-0.1, -0.05) is 30.3 Å². The van der Waals surface area contributed by atoms with E-state index < -0.39 is 23.8 Å². The molecule has 0 saturated heterocycles. The summed E-state index contributed by atoms with van der Waals surface area (Å²) in [6.45, 7) is -0.147. The summed E-state index contributed by atoms with van der Waals surface area (Å²) in [6.07, 6.45) is 0. The molecule has 1 atom stereocenters. The quantitative estimate of drug-likeness (QED) is 0.517. The molecule has 0 aliphatic heterocycles. The highest BCUT2D eigenvalue weighted by Crippen LogP contribution is 2.24. The third-order valence-electron chi connectivity index (χ3n) is 4.28. The van der Waals surface area contributed by atoms with Gasteiger partial charge in [-0.2, -0.15) is 0 Å². The van der Waals surface area contributed by atoms with E-state index in [4.69, 9.17) is 18.9 Å². The molecule has 0 heterocycles. The summed E-state index contributed by atoms with van der Waals surface area (Å²) < 4.78 is 20.5. The fourth-order valence-electron chi connectivity index (χ4n) is 2.67. The maximum absolute atomic E-state index is 12.4. The first-order valence-electron chi connectivity index (χ1n) is 9.47. The number of hydrogen-bond acceptors (Lipinski definition) is 7. The molecule has 2 amide bonds. The van der Waals surface area contributed by atoms with E-state index in [1.54, 1.807) is 12.1 Å². The van der Waals surface area contributed by atoms with Gasteiger partial charge < -0.3 is 29.6 Å². The van der Waals surface area contributed by atoms with Gasteiger partial charge in [0, 0.05) is 6.07 Å². The molecule has 0 aliphatic carbocycles. The molecule has 1 unspecified atom stereocenters. The van der Waals surface area contributed by atoms with Crippen LogP contribution in [-0.2, 0) is 25.7 Å². The van der Waals surface area contributed by atoms with Crippen molar-refractivity contribution in [1.29, 1.82) is 0 Å². The summed E-state index contributed by atoms with van der Waals surface area (Å²) in [4.78, 5) is 36.6. The molecule has 2 aromatic carbocycles. The summed E-state index contributed by atoms with van der Waals surface area (Å²) >= 11 is 0. The highest BCUT2D eigenvalue weighted by Gasteiger charge is 2.22. The number of methoxy groups -OCH3 is 3. The average Bonchev–Trinajstić information content (AvgIpc) is 2.81. The largest absolute Gasteiger partial charge is 0.497 e. The minimum Gasteiger partial charge on any atom is -0.497 e. The van der Waals surface area contributed by atoms with Crippen LogP contribution < -0.4 is 20.1 Å². The number of esters is 1. The van der Waals surface area contributed by atoms with Crippen molar-refractivity contribution in [3.05, 3.63) is 59.7 Å². The van der Waals surface area contributed by atoms with E-state index in [0.717, 1.165) is 5.56 Å². The van der Waals surface area contributed by atoms with Gasteiger partial charge in [-0.25, -0.2) is 4.79 Å². The minimum atomic E-state index is -1.01. The maximum atomic E-state index is 12.4. The van der Waals surface area contributed by atoms with E-state index in [9.17, 15) is 14.4 Å². The van der Waals surface area contributed by atoms with Gasteiger partial charge in [-0.15, -0.1) is 0 Å². The fourth-order valence-corrected chi connectivity index (χ4v) is 2.67. The molecular weight excluding hydrogens is 404 g/mol. The van der Waals surface area contributed by atoms with E-state index in [1.165, 1.54) is 27.4 Å². The summed E-state index contributed by atoms with van der Waals surface area (Å²) in [7, 11) is 4.14. The molecule has 2 rings (SSSR count). The van der Waals surface area contributed by atoms with Gasteiger partial charge in [-0.05, 0) is 17.7 Å². The first-order chi connectivity index (χ1) is 15.0. The van der Waals surface area contributed by atoms with Crippen LogP contribution in [0.2, 0.25) is 0 Å². The second kappa shape index (κ2) is 12.2. The standard InChI is InChI=1S/C22H26N2O7/c1-28-16-9-10-17(19(11-16)29-2)21(26)23-12-20(25)24-18(22(27)30-3)14-31-13-15-7-5-4-6-8-15/h4-11,18H,12-14H2,1-3H3,(H,23,26)(H,24,25). The number of hydrogen-bond donors (Lipinski definition) is 2. The molecule has 0 radical (unpaired) electrons. The van der Waals surface area contributed by atoms with Crippen LogP contribution in [0.3, 0.4) is 0 Å². The van der Waals surface area contributed by atoms with E-state index in [1.807, 2.05) is 30.3 Å². The lowest BCUT2D eigenvalue weighted by Gasteiger charge is -2.17. The topological polar surface area (TPSA) is 112 Å². The smallest absolute Gasteiger partial charge is 0.330 e. The van der Waals surface area contributed by atoms with Gasteiger partial charge in [0.2, 0.25) is 5.91 Å². The Labute approximate surface area is 180 Å². The fraction of sp³-hybridized carbons (Fsp3) is 0.318. The van der Waals surface area contributed by atoms with Crippen molar-refractivity contribution in [1.82, 2.24) is 10.6 Å². The summed E-state index contributed by atoms with van der Waals surface area (Å²) in [5, 5.41) is 4.99. The number of benzene rings is 2. The lowest BCUT2D eigenvalue weighted by atomic mass is 10.1. The van der Waals surface area contributed by atoms with Crippen LogP contribution in [0.15, 0.2) is 48.5 Å². The molecule has 2 N–H and O–H groups in total. The van der Waals surface area contributed by atoms with Crippen molar-refractivity contribution in [3.8, 4) is 11.5 Å². The Morgan fingerprint density at radius 2 is 1.71 bits per heavy atom. The predicted octanol–water partition coefficient (Wildman–Crippen LogP) is 1.31. The third-order valence-corrected chi connectivity index (χ3v) is 4.28. The van der Waals surface area contributed by atoms with Gasteiger partial charge in [0.1, 0.15) is 11.5 Å². The highest BCUT2D eigenvalue weighted by molar-refractivity contribution is 5.99. The number of carbonyl (C=O) groups is 3. The molecular formula is C22H26N2O7. The summed E-state index contributed by atoms with van der Waals surface area (Å²) in [5.41, 5.74) is 1.17. The number of nitrogens with one attached hydrogen (secondary N) is 2. The average molecular weight is 430 g/mol. The Bertz CT molecular complexity index is 887. The van der Waals surface area contributed by atoms with Crippen LogP contribution >= 0.6 is 0 Å². The van der Waals surface area contributed by atoms with Crippen LogP contribution in [0.1, 0.15) is 15.9 Å². The molecule has 166 valence electrons. The van der Waals surface area contributed by atoms with E-state index >= 15 is 0 Å². The lowest BCUT2D eigenvalue weighted by Crippen LogP contribution is -2.48. The molecule has 31 heavy (non-hydrogen) atoms. The SMILES string of the molecule is COC(=O)C(COCc1ccccc1)NC(=O)CNC(=O)c1ccc(OC)cc1OC. The Kier molecular flexibility index (Phi) is 9.31. The monoisotopic (exact) mass is 430 g/mol. The molecule has 0 saturated carbocycles. The second-order valence-electron chi connectivity index (χ2n) is 6.39. The van der Waals surface area contributed by atoms with Crippen molar-refractivity contribution >= 4 is 17.8 Å². The van der Waals surface area contributed by atoms with Gasteiger partial charge >= 0.3 is 5.97 Å². The first kappa shape index (κ1) is 23.7. The van der Waals surface area contributed by atoms with Gasteiger partial charge in [0.15, 0.2) is 6.04 Å². The first-order valence-corrected chi connectivity index (χ1v) is 9.47. The zero-order chi connectivity index (χ0) is 22.6. The van der Waals surface area contributed by atoms with Crippen molar-refractivity contribution in [2.24, 2.45) is 0 Å². The minimum absolute atomic E-state index is 0.0758. The van der Waals surface area contributed by atoms with Crippen molar-refractivity contribution in [2.75, 3.05) is 34.5 Å². The number of rotatable bonds is 11. The summed E-state index contributed by atoms with van der Waals surface area (Å²) in [6, 6.07) is 13.1. The van der Waals surface area contributed by atoms with Crippen LogP contribution in [0, 0.1) is 0 Å². The normalized spacial score (nSPS) is 11.2. The summed E-state index contributed by atoms with van der Waals surface area (Å²) in [5.74, 6) is -0.893. The van der Waals surface area contributed by atoms with Crippen LogP contribution in [0.25, 0.3) is 0 Å². The zero-order valence-corrected chi connectivity index (χ0v) is 17.7. The van der Waals surface area contributed by atoms with Gasteiger partial charge in [0.25, 0.3) is 5.91 Å². The van der Waals surface area contributed by atoms with Gasteiger partial charge in [-0.3, -0.25) is 9.59 Å². The Balaban J connectivity index is 1.88. The van der Waals surface area contributed by atoms with E-state index in [0.29, 0.717) is 11.5 Å². The second-order valence-corrected chi connectivity index (χ2v) is 6.39. The molecule has 0 aliphatic rings. The molecule has 0 aromatic heterocycles. The molecule has 0 bridgehead atoms.